The first-order valence-corrected chi connectivity index (χ1v) is 14.9. The van der Waals surface area contributed by atoms with Gasteiger partial charge < -0.3 is 10.4 Å². The van der Waals surface area contributed by atoms with Gasteiger partial charge in [0.2, 0.25) is 5.91 Å². The lowest BCUT2D eigenvalue weighted by Gasteiger charge is -2.61. The smallest absolute Gasteiger partial charge is 0.319 e. The SMILES string of the molecule is C[C@H](CCC(=O)NCCC(=O)N=S(=O)=O)[C@H]1CC[C@H]2[C@@H]3CC[C@@H]4C[C@@H](O)CC[C@]4(C)[C@H]3CC[C@]12C. The molecule has 0 aromatic heterocycles. The van der Waals surface area contributed by atoms with Crippen LogP contribution in [0.15, 0.2) is 4.36 Å². The molecule has 0 radical (unpaired) electrons. The van der Waals surface area contributed by atoms with E-state index in [1.54, 1.807) is 0 Å². The fourth-order valence-corrected chi connectivity index (χ4v) is 9.55. The van der Waals surface area contributed by atoms with E-state index in [2.05, 4.69) is 30.5 Å². The van der Waals surface area contributed by atoms with Crippen LogP contribution >= 0.6 is 0 Å². The van der Waals surface area contributed by atoms with Gasteiger partial charge >= 0.3 is 10.5 Å². The number of aliphatic hydroxyl groups excluding tert-OH is 1. The summed E-state index contributed by atoms with van der Waals surface area (Å²) < 4.78 is 23.8. The summed E-state index contributed by atoms with van der Waals surface area (Å²) >= 11 is 0. The highest BCUT2D eigenvalue weighted by Crippen LogP contribution is 2.68. The fourth-order valence-electron chi connectivity index (χ4n) is 9.30. The first-order valence-electron chi connectivity index (χ1n) is 13.8. The van der Waals surface area contributed by atoms with Crippen molar-refractivity contribution in [2.24, 2.45) is 50.7 Å². The van der Waals surface area contributed by atoms with E-state index in [1.807, 2.05) is 0 Å². The average Bonchev–Trinajstić information content (AvgIpc) is 3.15. The van der Waals surface area contributed by atoms with Crippen LogP contribution < -0.4 is 5.32 Å². The fraction of sp³-hybridized carbons (Fsp3) is 0.926. The van der Waals surface area contributed by atoms with Crippen molar-refractivity contribution in [1.29, 1.82) is 0 Å². The van der Waals surface area contributed by atoms with Crippen molar-refractivity contribution < 1.29 is 23.1 Å². The van der Waals surface area contributed by atoms with Crippen molar-refractivity contribution in [1.82, 2.24) is 5.32 Å². The molecule has 0 saturated heterocycles. The predicted molar refractivity (Wildman–Crippen MR) is 134 cm³/mol. The Labute approximate surface area is 211 Å². The Balaban J connectivity index is 1.31. The third-order valence-electron chi connectivity index (χ3n) is 11.1. The standard InChI is InChI=1S/C27H44N2O5S/c1-17(4-9-24(31)28-15-12-25(32)29-35(33)34)21-7-8-22-20-6-5-18-16-19(30)10-13-26(18,2)23(20)11-14-27(21,22)3/h17-23,30H,4-16H2,1-3H3,(H,28,31)/t17-,18-,19+,20+,21-,22+,23+,26+,27-/m1/s1. The van der Waals surface area contributed by atoms with Crippen LogP contribution in [0.5, 0.6) is 0 Å². The molecule has 2 N–H and O–H groups in total. The van der Waals surface area contributed by atoms with Gasteiger partial charge in [-0.25, -0.2) is 0 Å². The van der Waals surface area contributed by atoms with Gasteiger partial charge in [0.05, 0.1) is 6.10 Å². The molecule has 35 heavy (non-hydrogen) atoms. The molecule has 0 unspecified atom stereocenters. The van der Waals surface area contributed by atoms with Crippen LogP contribution in [0.3, 0.4) is 0 Å². The Morgan fingerprint density at radius 1 is 1.00 bits per heavy atom. The van der Waals surface area contributed by atoms with Gasteiger partial charge in [-0.1, -0.05) is 25.1 Å². The van der Waals surface area contributed by atoms with Crippen molar-refractivity contribution in [2.75, 3.05) is 6.54 Å². The van der Waals surface area contributed by atoms with Crippen molar-refractivity contribution in [3.63, 3.8) is 0 Å². The molecule has 0 aromatic carbocycles. The first kappa shape index (κ1) is 26.8. The number of carbonyl (C=O) groups is 2. The Hall–Kier alpha value is -1.28. The average molecular weight is 509 g/mol. The van der Waals surface area contributed by atoms with Crippen LogP contribution in [0.25, 0.3) is 0 Å². The number of amides is 2. The minimum atomic E-state index is -2.73. The zero-order valence-electron chi connectivity index (χ0n) is 21.7. The number of rotatable bonds is 7. The van der Waals surface area contributed by atoms with Gasteiger partial charge in [0.15, 0.2) is 0 Å². The molecule has 0 aromatic rings. The number of carbonyl (C=O) groups excluding carboxylic acids is 2. The van der Waals surface area contributed by atoms with Crippen molar-refractivity contribution in [3.8, 4) is 0 Å². The Bertz CT molecular complexity index is 943. The topological polar surface area (TPSA) is 113 Å². The molecule has 0 spiro atoms. The van der Waals surface area contributed by atoms with Gasteiger partial charge in [0, 0.05) is 19.4 Å². The summed E-state index contributed by atoms with van der Waals surface area (Å²) in [6.07, 6.45) is 12.0. The Morgan fingerprint density at radius 2 is 1.71 bits per heavy atom. The highest BCUT2D eigenvalue weighted by molar-refractivity contribution is 7.62. The normalized spacial score (nSPS) is 41.1. The van der Waals surface area contributed by atoms with E-state index in [0.29, 0.717) is 35.0 Å². The molecule has 4 rings (SSSR count). The van der Waals surface area contributed by atoms with Gasteiger partial charge in [0.25, 0.3) is 5.91 Å². The molecule has 0 heterocycles. The molecule has 7 nitrogen and oxygen atoms in total. The third-order valence-corrected chi connectivity index (χ3v) is 11.4. The van der Waals surface area contributed by atoms with E-state index in [0.717, 1.165) is 37.0 Å². The molecule has 4 aliphatic rings. The molecule has 8 heteroatoms. The Morgan fingerprint density at radius 3 is 2.46 bits per heavy atom. The number of fused-ring (bicyclic) bond motifs is 5. The lowest BCUT2D eigenvalue weighted by Crippen LogP contribution is -2.54. The second-order valence-electron chi connectivity index (χ2n) is 12.6. The van der Waals surface area contributed by atoms with Crippen LogP contribution in [0.2, 0.25) is 0 Å². The van der Waals surface area contributed by atoms with Crippen molar-refractivity contribution >= 4 is 22.3 Å². The highest BCUT2D eigenvalue weighted by atomic mass is 32.2. The van der Waals surface area contributed by atoms with E-state index in [9.17, 15) is 23.1 Å². The zero-order chi connectivity index (χ0) is 25.4. The summed E-state index contributed by atoms with van der Waals surface area (Å²) in [5.41, 5.74) is 0.763. The molecular formula is C27H44N2O5S. The molecule has 198 valence electrons. The molecular weight excluding hydrogens is 464 g/mol. The lowest BCUT2D eigenvalue weighted by molar-refractivity contribution is -0.129. The monoisotopic (exact) mass is 508 g/mol. The highest BCUT2D eigenvalue weighted by Gasteiger charge is 2.60. The van der Waals surface area contributed by atoms with Crippen LogP contribution in [0, 0.1) is 46.3 Å². The summed E-state index contributed by atoms with van der Waals surface area (Å²) in [7, 11) is -2.73. The molecule has 0 bridgehead atoms. The van der Waals surface area contributed by atoms with Gasteiger partial charge in [0.1, 0.15) is 0 Å². The second kappa shape index (κ2) is 10.6. The van der Waals surface area contributed by atoms with Gasteiger partial charge in [-0.05, 0) is 111 Å². The quantitative estimate of drug-likeness (QED) is 0.525. The van der Waals surface area contributed by atoms with Gasteiger partial charge in [-0.3, -0.25) is 9.59 Å². The second-order valence-corrected chi connectivity index (χ2v) is 13.2. The number of hydrogen-bond donors (Lipinski definition) is 2. The van der Waals surface area contributed by atoms with E-state index in [1.165, 1.54) is 44.9 Å². The molecule has 4 fully saturated rings. The van der Waals surface area contributed by atoms with Gasteiger partial charge in [-0.15, -0.1) is 0 Å². The maximum atomic E-state index is 12.3. The maximum Gasteiger partial charge on any atom is 0.319 e. The maximum absolute atomic E-state index is 12.3. The number of nitrogens with zero attached hydrogens (tertiary/aromatic N) is 1. The predicted octanol–water partition coefficient (Wildman–Crippen LogP) is 4.52. The largest absolute Gasteiger partial charge is 0.393 e. The minimum Gasteiger partial charge on any atom is -0.393 e. The number of hydrogen-bond acceptors (Lipinski definition) is 5. The molecule has 4 saturated carbocycles. The Kier molecular flexibility index (Phi) is 8.11. The third kappa shape index (κ3) is 5.39. The number of aliphatic hydroxyl groups is 1. The summed E-state index contributed by atoms with van der Waals surface area (Å²) in [4.78, 5) is 23.7. The lowest BCUT2D eigenvalue weighted by atomic mass is 9.44. The van der Waals surface area contributed by atoms with Crippen molar-refractivity contribution in [2.45, 2.75) is 104 Å². The first-order chi connectivity index (χ1) is 16.5. The minimum absolute atomic E-state index is 0.0814. The van der Waals surface area contributed by atoms with Crippen LogP contribution in [-0.4, -0.2) is 38.0 Å². The van der Waals surface area contributed by atoms with E-state index < -0.39 is 16.4 Å². The molecule has 2 amide bonds. The summed E-state index contributed by atoms with van der Waals surface area (Å²) in [6.45, 7) is 7.51. The summed E-state index contributed by atoms with van der Waals surface area (Å²) in [5.74, 6) is 3.40. The van der Waals surface area contributed by atoms with Crippen LogP contribution in [0.4, 0.5) is 0 Å². The van der Waals surface area contributed by atoms with E-state index >= 15 is 0 Å². The summed E-state index contributed by atoms with van der Waals surface area (Å²) in [6, 6.07) is 0. The molecule has 4 aliphatic carbocycles. The van der Waals surface area contributed by atoms with Crippen LogP contribution in [0.1, 0.15) is 97.8 Å². The molecule has 0 aliphatic heterocycles. The van der Waals surface area contributed by atoms with Gasteiger partial charge in [-0.2, -0.15) is 8.42 Å². The zero-order valence-corrected chi connectivity index (χ0v) is 22.5. The van der Waals surface area contributed by atoms with Crippen LogP contribution in [-0.2, 0) is 20.1 Å². The van der Waals surface area contributed by atoms with E-state index in [-0.39, 0.29) is 25.0 Å². The van der Waals surface area contributed by atoms with Crippen molar-refractivity contribution in [3.05, 3.63) is 0 Å². The summed E-state index contributed by atoms with van der Waals surface area (Å²) in [5, 5.41) is 13.0. The number of nitrogens with one attached hydrogen (secondary N) is 1. The van der Waals surface area contributed by atoms with E-state index in [4.69, 9.17) is 0 Å². The molecule has 9 atom stereocenters.